The second kappa shape index (κ2) is 9.78. The van der Waals surface area contributed by atoms with Gasteiger partial charge in [0.05, 0.1) is 13.2 Å². The van der Waals surface area contributed by atoms with Gasteiger partial charge in [-0.2, -0.15) is 0 Å². The van der Waals surface area contributed by atoms with Gasteiger partial charge in [0.25, 0.3) is 0 Å². The fourth-order valence-corrected chi connectivity index (χ4v) is 4.32. The standard InChI is InChI=1S/C27H29NO3/c1-19(29)21-7-9-22(10-8-21)25(17-20-13-15-28-16-14-20)23-11-12-26(30-2)27(18-23)31-24-5-3-4-6-24/h7-16,18,24-25H,3-6,17H2,1-2H3/t25-/m1/s1. The molecule has 0 radical (unpaired) electrons. The molecule has 4 nitrogen and oxygen atoms in total. The third kappa shape index (κ3) is 5.13. The summed E-state index contributed by atoms with van der Waals surface area (Å²) in [5.74, 6) is 1.78. The van der Waals surface area contributed by atoms with Crippen molar-refractivity contribution in [1.82, 2.24) is 4.98 Å². The van der Waals surface area contributed by atoms with Gasteiger partial charge in [-0.15, -0.1) is 0 Å². The molecule has 0 saturated heterocycles. The number of hydrogen-bond donors (Lipinski definition) is 0. The summed E-state index contributed by atoms with van der Waals surface area (Å²) in [4.78, 5) is 15.9. The maximum atomic E-state index is 11.7. The van der Waals surface area contributed by atoms with Crippen molar-refractivity contribution in [2.24, 2.45) is 0 Å². The molecule has 0 spiro atoms. The lowest BCUT2D eigenvalue weighted by atomic mass is 9.85. The number of hydrogen-bond acceptors (Lipinski definition) is 4. The number of carbonyl (C=O) groups excluding carboxylic acids is 1. The number of methoxy groups -OCH3 is 1. The number of Topliss-reactive ketones (excluding diaryl/α,β-unsaturated/α-hetero) is 1. The van der Waals surface area contributed by atoms with E-state index in [-0.39, 0.29) is 17.8 Å². The lowest BCUT2D eigenvalue weighted by molar-refractivity contribution is 0.101. The Kier molecular flexibility index (Phi) is 6.66. The molecule has 1 heterocycles. The lowest BCUT2D eigenvalue weighted by Gasteiger charge is -2.22. The van der Waals surface area contributed by atoms with Crippen LogP contribution >= 0.6 is 0 Å². The molecule has 1 aliphatic carbocycles. The Balaban J connectivity index is 1.70. The van der Waals surface area contributed by atoms with Crippen molar-refractivity contribution in [3.63, 3.8) is 0 Å². The van der Waals surface area contributed by atoms with E-state index in [4.69, 9.17) is 9.47 Å². The highest BCUT2D eigenvalue weighted by Crippen LogP contribution is 2.37. The van der Waals surface area contributed by atoms with E-state index < -0.39 is 0 Å². The minimum atomic E-state index is 0.0777. The monoisotopic (exact) mass is 415 g/mol. The maximum absolute atomic E-state index is 11.7. The van der Waals surface area contributed by atoms with Crippen LogP contribution in [-0.4, -0.2) is 24.0 Å². The molecule has 0 N–H and O–H groups in total. The van der Waals surface area contributed by atoms with Gasteiger partial charge in [0.1, 0.15) is 0 Å². The van der Waals surface area contributed by atoms with Crippen LogP contribution in [0, 0.1) is 0 Å². The molecule has 1 atom stereocenters. The zero-order valence-electron chi connectivity index (χ0n) is 18.2. The maximum Gasteiger partial charge on any atom is 0.161 e. The van der Waals surface area contributed by atoms with E-state index in [0.29, 0.717) is 0 Å². The highest BCUT2D eigenvalue weighted by Gasteiger charge is 2.21. The smallest absolute Gasteiger partial charge is 0.161 e. The number of pyridine rings is 1. The SMILES string of the molecule is COc1ccc([C@H](Cc2ccncc2)c2ccc(C(C)=O)cc2)cc1OC1CCCC1. The molecule has 0 amide bonds. The van der Waals surface area contributed by atoms with Gasteiger partial charge in [0.15, 0.2) is 17.3 Å². The molecule has 1 fully saturated rings. The molecule has 0 bridgehead atoms. The van der Waals surface area contributed by atoms with Crippen molar-refractivity contribution in [3.05, 3.63) is 89.2 Å². The van der Waals surface area contributed by atoms with Crippen LogP contribution in [0.15, 0.2) is 67.0 Å². The average Bonchev–Trinajstić information content (AvgIpc) is 3.31. The molecule has 3 aromatic rings. The Morgan fingerprint density at radius 2 is 1.65 bits per heavy atom. The summed E-state index contributed by atoms with van der Waals surface area (Å²) < 4.78 is 11.9. The van der Waals surface area contributed by atoms with Crippen molar-refractivity contribution in [3.8, 4) is 11.5 Å². The summed E-state index contributed by atoms with van der Waals surface area (Å²) >= 11 is 0. The molecule has 0 aliphatic heterocycles. The van der Waals surface area contributed by atoms with Crippen molar-refractivity contribution in [1.29, 1.82) is 0 Å². The Bertz CT molecular complexity index is 1010. The molecule has 0 unspecified atom stereocenters. The predicted molar refractivity (Wildman–Crippen MR) is 122 cm³/mol. The fourth-order valence-electron chi connectivity index (χ4n) is 4.32. The van der Waals surface area contributed by atoms with Crippen LogP contribution in [0.3, 0.4) is 0 Å². The number of ketones is 1. The molecule has 2 aromatic carbocycles. The van der Waals surface area contributed by atoms with Crippen LogP contribution in [0.4, 0.5) is 0 Å². The molecule has 4 heteroatoms. The van der Waals surface area contributed by atoms with E-state index in [1.807, 2.05) is 30.6 Å². The Hall–Kier alpha value is -3.14. The first kappa shape index (κ1) is 21.1. The zero-order valence-corrected chi connectivity index (χ0v) is 18.2. The van der Waals surface area contributed by atoms with E-state index in [1.165, 1.54) is 29.5 Å². The van der Waals surface area contributed by atoms with Gasteiger partial charge >= 0.3 is 0 Å². The predicted octanol–water partition coefficient (Wildman–Crippen LogP) is 5.99. The average molecular weight is 416 g/mol. The molecular formula is C27H29NO3. The zero-order chi connectivity index (χ0) is 21.6. The first-order valence-electron chi connectivity index (χ1n) is 11.0. The number of ether oxygens (including phenoxy) is 2. The van der Waals surface area contributed by atoms with Crippen molar-refractivity contribution in [2.75, 3.05) is 7.11 Å². The molecule has 31 heavy (non-hydrogen) atoms. The van der Waals surface area contributed by atoms with Crippen LogP contribution in [0.5, 0.6) is 11.5 Å². The van der Waals surface area contributed by atoms with Gasteiger partial charge in [-0.25, -0.2) is 0 Å². The highest BCUT2D eigenvalue weighted by molar-refractivity contribution is 5.94. The Morgan fingerprint density at radius 1 is 0.968 bits per heavy atom. The third-order valence-corrected chi connectivity index (χ3v) is 6.09. The molecular weight excluding hydrogens is 386 g/mol. The van der Waals surface area contributed by atoms with Gasteiger partial charge in [0, 0.05) is 23.9 Å². The minimum absolute atomic E-state index is 0.0777. The summed E-state index contributed by atoms with van der Waals surface area (Å²) in [6.45, 7) is 1.60. The number of aromatic nitrogens is 1. The Morgan fingerprint density at radius 3 is 2.29 bits per heavy atom. The third-order valence-electron chi connectivity index (χ3n) is 6.09. The second-order valence-corrected chi connectivity index (χ2v) is 8.22. The van der Waals surface area contributed by atoms with Gasteiger partial charge in [-0.05, 0) is 80.0 Å². The van der Waals surface area contributed by atoms with Crippen LogP contribution in [0.25, 0.3) is 0 Å². The second-order valence-electron chi connectivity index (χ2n) is 8.22. The summed E-state index contributed by atoms with van der Waals surface area (Å²) in [5.41, 5.74) is 4.27. The number of rotatable bonds is 8. The van der Waals surface area contributed by atoms with E-state index in [9.17, 15) is 4.79 Å². The van der Waals surface area contributed by atoms with E-state index >= 15 is 0 Å². The normalized spacial score (nSPS) is 14.9. The molecule has 1 saturated carbocycles. The van der Waals surface area contributed by atoms with Crippen molar-refractivity contribution < 1.29 is 14.3 Å². The van der Waals surface area contributed by atoms with Crippen LogP contribution in [0.1, 0.15) is 65.6 Å². The first-order valence-corrected chi connectivity index (χ1v) is 11.0. The largest absolute Gasteiger partial charge is 0.493 e. The number of nitrogens with zero attached hydrogens (tertiary/aromatic N) is 1. The summed E-state index contributed by atoms with van der Waals surface area (Å²) in [7, 11) is 1.69. The highest BCUT2D eigenvalue weighted by atomic mass is 16.5. The van der Waals surface area contributed by atoms with Crippen molar-refractivity contribution >= 4 is 5.78 Å². The summed E-state index contributed by atoms with van der Waals surface area (Å²) in [6, 6.07) is 18.3. The topological polar surface area (TPSA) is 48.4 Å². The van der Waals surface area contributed by atoms with Crippen LogP contribution < -0.4 is 9.47 Å². The minimum Gasteiger partial charge on any atom is -0.493 e. The van der Waals surface area contributed by atoms with E-state index in [2.05, 4.69) is 41.4 Å². The fraction of sp³-hybridized carbons (Fsp3) is 0.333. The van der Waals surface area contributed by atoms with Gasteiger partial charge in [-0.1, -0.05) is 30.3 Å². The van der Waals surface area contributed by atoms with Crippen molar-refractivity contribution in [2.45, 2.75) is 51.0 Å². The number of benzene rings is 2. The lowest BCUT2D eigenvalue weighted by Crippen LogP contribution is -2.12. The van der Waals surface area contributed by atoms with Gasteiger partial charge < -0.3 is 9.47 Å². The van der Waals surface area contributed by atoms with Gasteiger partial charge in [0.2, 0.25) is 0 Å². The molecule has 1 aliphatic rings. The molecule has 160 valence electrons. The molecule has 4 rings (SSSR count). The van der Waals surface area contributed by atoms with E-state index in [1.54, 1.807) is 14.0 Å². The number of carbonyl (C=O) groups is 1. The first-order chi connectivity index (χ1) is 15.1. The van der Waals surface area contributed by atoms with Crippen LogP contribution in [0.2, 0.25) is 0 Å². The molecule has 1 aromatic heterocycles. The van der Waals surface area contributed by atoms with Gasteiger partial charge in [-0.3, -0.25) is 9.78 Å². The van der Waals surface area contributed by atoms with E-state index in [0.717, 1.165) is 36.3 Å². The quantitative estimate of drug-likeness (QED) is 0.424. The summed E-state index contributed by atoms with van der Waals surface area (Å²) in [6.07, 6.45) is 9.39. The van der Waals surface area contributed by atoms with Crippen LogP contribution in [-0.2, 0) is 6.42 Å². The summed E-state index contributed by atoms with van der Waals surface area (Å²) in [5, 5.41) is 0. The Labute approximate surface area is 184 Å².